The lowest BCUT2D eigenvalue weighted by atomic mass is 9.71. The Hall–Kier alpha value is -1.28. The first-order chi connectivity index (χ1) is 9.20. The number of phenols is 1. The highest BCUT2D eigenvalue weighted by Gasteiger charge is 2.35. The van der Waals surface area contributed by atoms with E-state index in [2.05, 4.69) is 30.5 Å². The summed E-state index contributed by atoms with van der Waals surface area (Å²) in [5, 5.41) is 9.48. The fraction of sp³-hybridized carbons (Fsp3) is 0.529. The summed E-state index contributed by atoms with van der Waals surface area (Å²) in [4.78, 5) is 2.50. The van der Waals surface area contributed by atoms with Gasteiger partial charge in [-0.05, 0) is 43.5 Å². The maximum atomic E-state index is 9.48. The fourth-order valence-corrected chi connectivity index (χ4v) is 3.44. The largest absolute Gasteiger partial charge is 0.508 e. The first kappa shape index (κ1) is 14.1. The molecule has 1 aliphatic heterocycles. The highest BCUT2D eigenvalue weighted by atomic mass is 16.3. The summed E-state index contributed by atoms with van der Waals surface area (Å²) in [6.07, 6.45) is 6.90. The van der Waals surface area contributed by atoms with Gasteiger partial charge in [-0.1, -0.05) is 31.6 Å². The van der Waals surface area contributed by atoms with E-state index in [9.17, 15) is 5.11 Å². The third-order valence-electron chi connectivity index (χ3n) is 4.25. The topological polar surface area (TPSA) is 23.5 Å². The molecule has 1 atom stereocenters. The summed E-state index contributed by atoms with van der Waals surface area (Å²) in [7, 11) is 0. The molecule has 0 radical (unpaired) electrons. The number of phenolic OH excluding ortho intramolecular Hbond substituents is 1. The van der Waals surface area contributed by atoms with Gasteiger partial charge in [0.1, 0.15) is 5.75 Å². The summed E-state index contributed by atoms with van der Waals surface area (Å²) in [5.74, 6) is 0.356. The molecule has 1 unspecified atom stereocenters. The SMILES string of the molecule is C=CCN1CCCC(CCC)(c2ccc(O)cc2)C1. The van der Waals surface area contributed by atoms with Gasteiger partial charge in [-0.25, -0.2) is 0 Å². The van der Waals surface area contributed by atoms with Crippen molar-refractivity contribution >= 4 is 0 Å². The molecular weight excluding hydrogens is 234 g/mol. The Labute approximate surface area is 116 Å². The van der Waals surface area contributed by atoms with E-state index in [-0.39, 0.29) is 5.41 Å². The molecule has 1 aromatic carbocycles. The minimum Gasteiger partial charge on any atom is -0.508 e. The van der Waals surface area contributed by atoms with Gasteiger partial charge in [0.05, 0.1) is 0 Å². The monoisotopic (exact) mass is 259 g/mol. The molecule has 2 heteroatoms. The van der Waals surface area contributed by atoms with Crippen molar-refractivity contribution in [3.05, 3.63) is 42.5 Å². The van der Waals surface area contributed by atoms with Gasteiger partial charge < -0.3 is 5.11 Å². The molecule has 1 saturated heterocycles. The lowest BCUT2D eigenvalue weighted by Gasteiger charge is -2.43. The summed E-state index contributed by atoms with van der Waals surface area (Å²) >= 11 is 0. The van der Waals surface area contributed by atoms with E-state index in [1.807, 2.05) is 18.2 Å². The molecule has 0 spiro atoms. The summed E-state index contributed by atoms with van der Waals surface area (Å²) in [6.45, 7) is 9.38. The van der Waals surface area contributed by atoms with Crippen molar-refractivity contribution in [3.8, 4) is 5.75 Å². The number of likely N-dealkylation sites (tertiary alicyclic amines) is 1. The molecule has 1 aromatic rings. The molecule has 104 valence electrons. The van der Waals surface area contributed by atoms with E-state index < -0.39 is 0 Å². The number of rotatable bonds is 5. The summed E-state index contributed by atoms with van der Waals surface area (Å²) in [6, 6.07) is 7.84. The molecule has 2 rings (SSSR count). The van der Waals surface area contributed by atoms with Crippen molar-refractivity contribution in [2.24, 2.45) is 0 Å². The van der Waals surface area contributed by atoms with Crippen LogP contribution in [0.4, 0.5) is 0 Å². The van der Waals surface area contributed by atoms with Crippen LogP contribution in [0.25, 0.3) is 0 Å². The molecule has 1 N–H and O–H groups in total. The van der Waals surface area contributed by atoms with Gasteiger partial charge in [0.2, 0.25) is 0 Å². The van der Waals surface area contributed by atoms with Crippen LogP contribution in [0.3, 0.4) is 0 Å². The molecule has 0 saturated carbocycles. The smallest absolute Gasteiger partial charge is 0.115 e. The van der Waals surface area contributed by atoms with Crippen molar-refractivity contribution in [2.45, 2.75) is 38.0 Å². The first-order valence-corrected chi connectivity index (χ1v) is 7.33. The van der Waals surface area contributed by atoms with Crippen LogP contribution < -0.4 is 0 Å². The van der Waals surface area contributed by atoms with Crippen LogP contribution in [0.5, 0.6) is 5.75 Å². The Morgan fingerprint density at radius 3 is 2.74 bits per heavy atom. The Balaban J connectivity index is 2.25. The van der Waals surface area contributed by atoms with E-state index in [1.54, 1.807) is 0 Å². The van der Waals surface area contributed by atoms with E-state index in [0.717, 1.165) is 13.1 Å². The minimum absolute atomic E-state index is 0.254. The Bertz CT molecular complexity index is 408. The predicted molar refractivity (Wildman–Crippen MR) is 80.6 cm³/mol. The van der Waals surface area contributed by atoms with Gasteiger partial charge in [-0.15, -0.1) is 6.58 Å². The lowest BCUT2D eigenvalue weighted by molar-refractivity contribution is 0.150. The van der Waals surface area contributed by atoms with Crippen LogP contribution in [-0.2, 0) is 5.41 Å². The van der Waals surface area contributed by atoms with Gasteiger partial charge in [0.15, 0.2) is 0 Å². The summed E-state index contributed by atoms with van der Waals surface area (Å²) < 4.78 is 0. The van der Waals surface area contributed by atoms with Crippen molar-refractivity contribution in [3.63, 3.8) is 0 Å². The van der Waals surface area contributed by atoms with Crippen molar-refractivity contribution < 1.29 is 5.11 Å². The van der Waals surface area contributed by atoms with E-state index in [0.29, 0.717) is 5.75 Å². The molecule has 1 fully saturated rings. The van der Waals surface area contributed by atoms with E-state index in [1.165, 1.54) is 37.8 Å². The number of aromatic hydroxyl groups is 1. The lowest BCUT2D eigenvalue weighted by Crippen LogP contribution is -2.46. The predicted octanol–water partition coefficient (Wildman–Crippen LogP) is 3.71. The third-order valence-corrected chi connectivity index (χ3v) is 4.25. The van der Waals surface area contributed by atoms with Gasteiger partial charge in [-0.3, -0.25) is 4.90 Å². The Morgan fingerprint density at radius 1 is 1.37 bits per heavy atom. The number of hydrogen-bond donors (Lipinski definition) is 1. The van der Waals surface area contributed by atoms with Gasteiger partial charge >= 0.3 is 0 Å². The highest BCUT2D eigenvalue weighted by molar-refractivity contribution is 5.32. The van der Waals surface area contributed by atoms with Gasteiger partial charge in [-0.2, -0.15) is 0 Å². The molecule has 1 aliphatic rings. The molecule has 0 amide bonds. The van der Waals surface area contributed by atoms with Gasteiger partial charge in [0, 0.05) is 18.5 Å². The molecule has 0 aliphatic carbocycles. The van der Waals surface area contributed by atoms with Crippen LogP contribution in [0, 0.1) is 0 Å². The zero-order valence-corrected chi connectivity index (χ0v) is 11.9. The van der Waals surface area contributed by atoms with Crippen molar-refractivity contribution in [1.29, 1.82) is 0 Å². The zero-order valence-electron chi connectivity index (χ0n) is 11.9. The molecular formula is C17H25NO. The van der Waals surface area contributed by atoms with E-state index >= 15 is 0 Å². The quantitative estimate of drug-likeness (QED) is 0.815. The molecule has 19 heavy (non-hydrogen) atoms. The second kappa shape index (κ2) is 6.25. The standard InChI is InChI=1S/C17H25NO/c1-3-10-17(15-6-8-16(19)9-7-15)11-5-13-18(14-17)12-4-2/h4,6-9,19H,2-3,5,10-14H2,1H3. The molecule has 2 nitrogen and oxygen atoms in total. The van der Waals surface area contributed by atoms with Crippen molar-refractivity contribution in [1.82, 2.24) is 4.90 Å². The van der Waals surface area contributed by atoms with Crippen LogP contribution in [0.1, 0.15) is 38.2 Å². The van der Waals surface area contributed by atoms with Crippen LogP contribution in [0.2, 0.25) is 0 Å². The number of nitrogens with zero attached hydrogens (tertiary/aromatic N) is 1. The Morgan fingerprint density at radius 2 is 2.11 bits per heavy atom. The minimum atomic E-state index is 0.254. The zero-order chi connectivity index (χ0) is 13.7. The molecule has 0 aromatic heterocycles. The Kier molecular flexibility index (Phi) is 4.65. The second-order valence-electron chi connectivity index (χ2n) is 5.70. The normalized spacial score (nSPS) is 24.3. The van der Waals surface area contributed by atoms with Crippen LogP contribution in [0.15, 0.2) is 36.9 Å². The van der Waals surface area contributed by atoms with Crippen molar-refractivity contribution in [2.75, 3.05) is 19.6 Å². The number of benzene rings is 1. The van der Waals surface area contributed by atoms with E-state index in [4.69, 9.17) is 0 Å². The maximum Gasteiger partial charge on any atom is 0.115 e. The fourth-order valence-electron chi connectivity index (χ4n) is 3.44. The van der Waals surface area contributed by atoms with Crippen LogP contribution in [-0.4, -0.2) is 29.6 Å². The maximum absolute atomic E-state index is 9.48. The first-order valence-electron chi connectivity index (χ1n) is 7.33. The molecule has 1 heterocycles. The number of hydrogen-bond acceptors (Lipinski definition) is 2. The molecule has 0 bridgehead atoms. The third kappa shape index (κ3) is 3.19. The average Bonchev–Trinajstić information content (AvgIpc) is 2.40. The van der Waals surface area contributed by atoms with Gasteiger partial charge in [0.25, 0.3) is 0 Å². The van der Waals surface area contributed by atoms with Crippen LogP contribution >= 0.6 is 0 Å². The second-order valence-corrected chi connectivity index (χ2v) is 5.70. The summed E-state index contributed by atoms with van der Waals surface area (Å²) in [5.41, 5.74) is 1.63. The average molecular weight is 259 g/mol. The highest BCUT2D eigenvalue weighted by Crippen LogP contribution is 2.38. The number of piperidine rings is 1.